The van der Waals surface area contributed by atoms with Gasteiger partial charge in [0.15, 0.2) is 0 Å². The maximum atomic E-state index is 11.3. The van der Waals surface area contributed by atoms with Crippen molar-refractivity contribution in [3.05, 3.63) is 50.8 Å². The van der Waals surface area contributed by atoms with E-state index < -0.39 is 10.9 Å². The predicted octanol–water partition coefficient (Wildman–Crippen LogP) is 2.02. The molecule has 0 aliphatic rings. The molecular weight excluding hydrogens is 202 g/mol. The number of hydrogen-bond acceptors (Lipinski definition) is 3. The van der Waals surface area contributed by atoms with Crippen LogP contribution in [0.4, 0.5) is 5.69 Å². The van der Waals surface area contributed by atoms with Gasteiger partial charge in [0, 0.05) is 7.05 Å². The molecule has 0 aliphatic carbocycles. The van der Waals surface area contributed by atoms with E-state index in [-0.39, 0.29) is 0 Å². The van der Waals surface area contributed by atoms with Gasteiger partial charge in [-0.05, 0) is 5.56 Å². The normalized spacial score (nSPS) is 9.44. The fourth-order valence-corrected chi connectivity index (χ4v) is 1.51. The summed E-state index contributed by atoms with van der Waals surface area (Å²) < 4.78 is 0. The molecule has 0 unspecified atom stereocenters. The van der Waals surface area contributed by atoms with Gasteiger partial charge < -0.3 is 5.32 Å². The summed E-state index contributed by atoms with van der Waals surface area (Å²) in [5, 5.41) is 2.74. The minimum Gasteiger partial charge on any atom is -0.384 e. The molecule has 0 atom stereocenters. The second-order valence-corrected chi connectivity index (χ2v) is 3.02. The third kappa shape index (κ3) is 1.89. The number of hydrogen-bond donors (Lipinski definition) is 1. The summed E-state index contributed by atoms with van der Waals surface area (Å²) in [6.07, 6.45) is 0. The number of benzene rings is 1. The van der Waals surface area contributed by atoms with Crippen molar-refractivity contribution in [2.24, 2.45) is 0 Å². The van der Waals surface area contributed by atoms with Gasteiger partial charge in [0.05, 0.1) is 11.3 Å². The van der Waals surface area contributed by atoms with Gasteiger partial charge in [0.1, 0.15) is 0 Å². The van der Waals surface area contributed by atoms with Crippen LogP contribution in [0, 0.1) is 0 Å². The molecule has 0 fully saturated rings. The molecule has 2 aromatic rings. The standard InChI is InChI=1S/C11H9NO2.C2H6/c1-12-9-8(10(13)11(9)14)7-5-3-2-4-6-7;1-2/h2-6,12H,1H3;1-2H3. The molecule has 2 rings (SSSR count). The highest BCUT2D eigenvalue weighted by atomic mass is 16.2. The van der Waals surface area contributed by atoms with E-state index >= 15 is 0 Å². The maximum absolute atomic E-state index is 11.3. The summed E-state index contributed by atoms with van der Waals surface area (Å²) in [5.41, 5.74) is 0.882. The number of rotatable bonds is 2. The van der Waals surface area contributed by atoms with Crippen LogP contribution in [0.5, 0.6) is 0 Å². The van der Waals surface area contributed by atoms with E-state index in [9.17, 15) is 9.59 Å². The SMILES string of the molecule is CC.CNc1c(-c2ccccc2)c(=O)c1=O. The fraction of sp³-hybridized carbons (Fsp3) is 0.231. The minimum atomic E-state index is -0.425. The second-order valence-electron chi connectivity index (χ2n) is 3.02. The molecule has 0 radical (unpaired) electrons. The van der Waals surface area contributed by atoms with Crippen molar-refractivity contribution in [1.82, 2.24) is 0 Å². The first-order valence-corrected chi connectivity index (χ1v) is 5.32. The Hall–Kier alpha value is -1.90. The molecule has 0 aromatic heterocycles. The van der Waals surface area contributed by atoms with Crippen molar-refractivity contribution in [2.45, 2.75) is 13.8 Å². The Kier molecular flexibility index (Phi) is 4.00. The molecule has 84 valence electrons. The summed E-state index contributed by atoms with van der Waals surface area (Å²) in [6, 6.07) is 9.18. The van der Waals surface area contributed by atoms with Crippen molar-refractivity contribution in [2.75, 3.05) is 12.4 Å². The number of nitrogens with one attached hydrogen (secondary N) is 1. The third-order valence-electron chi connectivity index (χ3n) is 2.22. The first kappa shape index (κ1) is 12.2. The van der Waals surface area contributed by atoms with Gasteiger partial charge in [-0.1, -0.05) is 44.2 Å². The van der Waals surface area contributed by atoms with Gasteiger partial charge in [-0.3, -0.25) is 9.59 Å². The van der Waals surface area contributed by atoms with Crippen LogP contribution < -0.4 is 16.2 Å². The first-order valence-electron chi connectivity index (χ1n) is 5.32. The lowest BCUT2D eigenvalue weighted by atomic mass is 9.99. The van der Waals surface area contributed by atoms with E-state index in [1.165, 1.54) is 0 Å². The molecule has 0 bridgehead atoms. The van der Waals surface area contributed by atoms with Crippen LogP contribution in [0.2, 0.25) is 0 Å². The molecule has 2 aromatic carbocycles. The van der Waals surface area contributed by atoms with Crippen LogP contribution in [0.3, 0.4) is 0 Å². The van der Waals surface area contributed by atoms with Crippen LogP contribution in [0.1, 0.15) is 13.8 Å². The zero-order valence-electron chi connectivity index (χ0n) is 9.70. The molecule has 0 spiro atoms. The predicted molar refractivity (Wildman–Crippen MR) is 67.7 cm³/mol. The second kappa shape index (κ2) is 5.26. The quantitative estimate of drug-likeness (QED) is 0.783. The van der Waals surface area contributed by atoms with Crippen LogP contribution in [-0.2, 0) is 0 Å². The number of anilines is 1. The Bertz CT molecular complexity index is 522. The van der Waals surface area contributed by atoms with Crippen molar-refractivity contribution in [1.29, 1.82) is 0 Å². The summed E-state index contributed by atoms with van der Waals surface area (Å²) in [4.78, 5) is 22.4. The maximum Gasteiger partial charge on any atom is 0.250 e. The summed E-state index contributed by atoms with van der Waals surface area (Å²) in [7, 11) is 1.64. The Balaban J connectivity index is 0.000000606. The topological polar surface area (TPSA) is 46.2 Å². The van der Waals surface area contributed by atoms with E-state index in [1.54, 1.807) is 7.05 Å². The Morgan fingerprint density at radius 1 is 0.938 bits per heavy atom. The molecule has 16 heavy (non-hydrogen) atoms. The third-order valence-corrected chi connectivity index (χ3v) is 2.22. The van der Waals surface area contributed by atoms with E-state index in [2.05, 4.69) is 5.32 Å². The smallest absolute Gasteiger partial charge is 0.250 e. The molecular formula is C13H15NO2. The largest absolute Gasteiger partial charge is 0.384 e. The van der Waals surface area contributed by atoms with E-state index in [4.69, 9.17) is 0 Å². The van der Waals surface area contributed by atoms with Gasteiger partial charge in [0.2, 0.25) is 10.9 Å². The lowest BCUT2D eigenvalue weighted by Gasteiger charge is -2.09. The van der Waals surface area contributed by atoms with Gasteiger partial charge >= 0.3 is 0 Å². The van der Waals surface area contributed by atoms with Crippen LogP contribution in [0.25, 0.3) is 11.1 Å². The summed E-state index contributed by atoms with van der Waals surface area (Å²) in [6.45, 7) is 4.00. The van der Waals surface area contributed by atoms with Crippen molar-refractivity contribution in [3.63, 3.8) is 0 Å². The van der Waals surface area contributed by atoms with E-state index in [0.717, 1.165) is 5.56 Å². The highest BCUT2D eigenvalue weighted by molar-refractivity contribution is 5.81. The average Bonchev–Trinajstić information content (AvgIpc) is 2.37. The van der Waals surface area contributed by atoms with Gasteiger partial charge in [0.25, 0.3) is 0 Å². The highest BCUT2D eigenvalue weighted by Crippen LogP contribution is 2.22. The molecule has 3 heteroatoms. The molecule has 1 N–H and O–H groups in total. The lowest BCUT2D eigenvalue weighted by Crippen LogP contribution is -2.35. The van der Waals surface area contributed by atoms with E-state index in [0.29, 0.717) is 11.3 Å². The van der Waals surface area contributed by atoms with Crippen molar-refractivity contribution >= 4 is 5.69 Å². The highest BCUT2D eigenvalue weighted by Gasteiger charge is 2.20. The zero-order chi connectivity index (χ0) is 12.1. The Morgan fingerprint density at radius 3 is 2.00 bits per heavy atom. The first-order chi connectivity index (χ1) is 7.75. The zero-order valence-corrected chi connectivity index (χ0v) is 9.70. The lowest BCUT2D eigenvalue weighted by molar-refractivity contribution is 1.35. The minimum absolute atomic E-state index is 0.402. The van der Waals surface area contributed by atoms with Crippen LogP contribution >= 0.6 is 0 Å². The molecule has 0 heterocycles. The fourth-order valence-electron chi connectivity index (χ4n) is 1.51. The van der Waals surface area contributed by atoms with Crippen LogP contribution in [-0.4, -0.2) is 7.05 Å². The average molecular weight is 217 g/mol. The van der Waals surface area contributed by atoms with Crippen molar-refractivity contribution in [3.8, 4) is 11.1 Å². The van der Waals surface area contributed by atoms with E-state index in [1.807, 2.05) is 44.2 Å². The summed E-state index contributed by atoms with van der Waals surface area (Å²) >= 11 is 0. The summed E-state index contributed by atoms with van der Waals surface area (Å²) in [5.74, 6) is 0. The van der Waals surface area contributed by atoms with Crippen LogP contribution in [0.15, 0.2) is 39.9 Å². The molecule has 0 amide bonds. The van der Waals surface area contributed by atoms with Crippen molar-refractivity contribution < 1.29 is 0 Å². The molecule has 0 aliphatic heterocycles. The monoisotopic (exact) mass is 217 g/mol. The van der Waals surface area contributed by atoms with Gasteiger partial charge in [-0.2, -0.15) is 0 Å². The Morgan fingerprint density at radius 2 is 1.50 bits per heavy atom. The molecule has 3 nitrogen and oxygen atoms in total. The molecule has 0 saturated heterocycles. The van der Waals surface area contributed by atoms with Gasteiger partial charge in [-0.25, -0.2) is 0 Å². The van der Waals surface area contributed by atoms with Gasteiger partial charge in [-0.15, -0.1) is 0 Å². The molecule has 0 saturated carbocycles. The Labute approximate surface area is 94.4 Å².